The van der Waals surface area contributed by atoms with Crippen molar-refractivity contribution in [2.24, 2.45) is 11.8 Å². The van der Waals surface area contributed by atoms with Gasteiger partial charge in [-0.3, -0.25) is 9.69 Å². The minimum absolute atomic E-state index is 0.0494. The number of amides is 2. The van der Waals surface area contributed by atoms with Crippen molar-refractivity contribution in [2.75, 3.05) is 52.4 Å². The van der Waals surface area contributed by atoms with E-state index in [-0.39, 0.29) is 24.2 Å². The summed E-state index contributed by atoms with van der Waals surface area (Å²) < 4.78 is 25.9. The SMILES string of the molecule is CCOc1cccc(F)c1CN1CCN(C(=O)[C@H](NC(=O)OCc2ccccc2)C2CCN(CCC3CCCC3)CC2)CC1. The number of nitrogens with zero attached hydrogens (tertiary/aromatic N) is 3. The van der Waals surface area contributed by atoms with Gasteiger partial charge in [-0.1, -0.05) is 62.1 Å². The summed E-state index contributed by atoms with van der Waals surface area (Å²) in [6, 6.07) is 13.9. The van der Waals surface area contributed by atoms with Crippen LogP contribution in [-0.4, -0.2) is 85.2 Å². The van der Waals surface area contributed by atoms with E-state index in [1.54, 1.807) is 12.1 Å². The van der Waals surface area contributed by atoms with Crippen molar-refractivity contribution in [1.82, 2.24) is 20.0 Å². The number of piperazine rings is 1. The number of benzene rings is 2. The first kappa shape index (κ1) is 32.2. The van der Waals surface area contributed by atoms with Gasteiger partial charge in [-0.25, -0.2) is 9.18 Å². The second-order valence-electron chi connectivity index (χ2n) is 12.6. The molecule has 0 aromatic heterocycles. The minimum atomic E-state index is -0.627. The van der Waals surface area contributed by atoms with Crippen molar-refractivity contribution in [2.45, 2.75) is 71.1 Å². The van der Waals surface area contributed by atoms with Gasteiger partial charge in [-0.2, -0.15) is 0 Å². The molecule has 2 aromatic rings. The fraction of sp³-hybridized carbons (Fsp3) is 0.600. The molecule has 1 saturated carbocycles. The zero-order valence-corrected chi connectivity index (χ0v) is 26.2. The van der Waals surface area contributed by atoms with Gasteiger partial charge >= 0.3 is 6.09 Å². The van der Waals surface area contributed by atoms with Crippen LogP contribution in [0.2, 0.25) is 0 Å². The average Bonchev–Trinajstić information content (AvgIpc) is 3.58. The minimum Gasteiger partial charge on any atom is -0.493 e. The van der Waals surface area contributed by atoms with E-state index in [0.717, 1.165) is 44.0 Å². The highest BCUT2D eigenvalue weighted by Crippen LogP contribution is 2.29. The molecule has 2 amide bonds. The Morgan fingerprint density at radius 3 is 2.34 bits per heavy atom. The van der Waals surface area contributed by atoms with E-state index in [4.69, 9.17) is 9.47 Å². The molecule has 0 radical (unpaired) electrons. The molecular weight excluding hydrogens is 559 g/mol. The molecule has 3 aliphatic rings. The van der Waals surface area contributed by atoms with Gasteiger partial charge in [0.05, 0.1) is 6.61 Å². The van der Waals surface area contributed by atoms with Crippen molar-refractivity contribution in [3.8, 4) is 5.75 Å². The van der Waals surface area contributed by atoms with Gasteiger partial charge in [0.2, 0.25) is 5.91 Å². The van der Waals surface area contributed by atoms with Crippen LogP contribution in [0.15, 0.2) is 48.5 Å². The third kappa shape index (κ3) is 8.94. The fourth-order valence-corrected chi connectivity index (χ4v) is 6.98. The quantitative estimate of drug-likeness (QED) is 0.345. The number of carbonyl (C=O) groups excluding carboxylic acids is 2. The molecule has 0 bridgehead atoms. The molecule has 2 aliphatic heterocycles. The van der Waals surface area contributed by atoms with Crippen molar-refractivity contribution < 1.29 is 23.5 Å². The van der Waals surface area contributed by atoms with Gasteiger partial charge in [0.1, 0.15) is 24.2 Å². The molecule has 1 atom stereocenters. The zero-order valence-electron chi connectivity index (χ0n) is 26.2. The first-order chi connectivity index (χ1) is 21.5. The number of rotatable bonds is 12. The summed E-state index contributed by atoms with van der Waals surface area (Å²) in [6.07, 6.45) is 7.91. The maximum Gasteiger partial charge on any atom is 0.408 e. The van der Waals surface area contributed by atoms with Gasteiger partial charge in [0.15, 0.2) is 0 Å². The van der Waals surface area contributed by atoms with Crippen molar-refractivity contribution in [3.63, 3.8) is 0 Å². The second-order valence-corrected chi connectivity index (χ2v) is 12.6. The molecule has 5 rings (SSSR count). The van der Waals surface area contributed by atoms with Crippen LogP contribution in [-0.2, 0) is 22.7 Å². The van der Waals surface area contributed by atoms with Crippen LogP contribution in [0, 0.1) is 17.7 Å². The summed E-state index contributed by atoms with van der Waals surface area (Å²) in [4.78, 5) is 33.5. The van der Waals surface area contributed by atoms with Crippen LogP contribution in [0.4, 0.5) is 9.18 Å². The van der Waals surface area contributed by atoms with E-state index in [9.17, 15) is 14.0 Å². The van der Waals surface area contributed by atoms with Crippen LogP contribution in [0.1, 0.15) is 63.0 Å². The Labute approximate surface area is 261 Å². The average molecular weight is 609 g/mol. The second kappa shape index (κ2) is 16.2. The predicted molar refractivity (Wildman–Crippen MR) is 169 cm³/mol. The van der Waals surface area contributed by atoms with Crippen LogP contribution in [0.3, 0.4) is 0 Å². The van der Waals surface area contributed by atoms with Crippen molar-refractivity contribution >= 4 is 12.0 Å². The van der Waals surface area contributed by atoms with Crippen LogP contribution >= 0.6 is 0 Å². The molecular formula is C35H49FN4O4. The molecule has 1 aliphatic carbocycles. The largest absolute Gasteiger partial charge is 0.493 e. The molecule has 2 saturated heterocycles. The highest BCUT2D eigenvalue weighted by molar-refractivity contribution is 5.86. The molecule has 44 heavy (non-hydrogen) atoms. The Bertz CT molecular complexity index is 1190. The molecule has 9 heteroatoms. The Morgan fingerprint density at radius 2 is 1.64 bits per heavy atom. The first-order valence-electron chi connectivity index (χ1n) is 16.6. The smallest absolute Gasteiger partial charge is 0.408 e. The summed E-state index contributed by atoms with van der Waals surface area (Å²) in [6.45, 7) is 8.25. The van der Waals surface area contributed by atoms with E-state index in [0.29, 0.717) is 50.6 Å². The van der Waals surface area contributed by atoms with Crippen molar-refractivity contribution in [3.05, 3.63) is 65.5 Å². The highest BCUT2D eigenvalue weighted by atomic mass is 19.1. The Morgan fingerprint density at radius 1 is 0.909 bits per heavy atom. The maximum atomic E-state index is 14.7. The first-order valence-corrected chi connectivity index (χ1v) is 16.6. The number of halogens is 1. The van der Waals surface area contributed by atoms with Gasteiger partial charge in [-0.05, 0) is 75.4 Å². The fourth-order valence-electron chi connectivity index (χ4n) is 6.98. The lowest BCUT2D eigenvalue weighted by Crippen LogP contribution is -2.58. The van der Waals surface area contributed by atoms with Crippen LogP contribution < -0.4 is 10.1 Å². The number of hydrogen-bond donors (Lipinski definition) is 1. The van der Waals surface area contributed by atoms with Gasteiger partial charge in [0, 0.05) is 38.3 Å². The number of likely N-dealkylation sites (tertiary alicyclic amines) is 1. The number of hydrogen-bond acceptors (Lipinski definition) is 6. The number of alkyl carbamates (subject to hydrolysis) is 1. The third-order valence-corrected chi connectivity index (χ3v) is 9.63. The lowest BCUT2D eigenvalue weighted by atomic mass is 9.88. The summed E-state index contributed by atoms with van der Waals surface area (Å²) in [5.74, 6) is 1.17. The van der Waals surface area contributed by atoms with E-state index in [1.165, 1.54) is 38.2 Å². The summed E-state index contributed by atoms with van der Waals surface area (Å²) in [5, 5.41) is 2.98. The highest BCUT2D eigenvalue weighted by Gasteiger charge is 2.37. The predicted octanol–water partition coefficient (Wildman–Crippen LogP) is 5.46. The molecule has 2 heterocycles. The van der Waals surface area contributed by atoms with Crippen LogP contribution in [0.25, 0.3) is 0 Å². The van der Waals surface area contributed by atoms with Crippen LogP contribution in [0.5, 0.6) is 5.75 Å². The number of carbonyl (C=O) groups is 2. The molecule has 2 aromatic carbocycles. The van der Waals surface area contributed by atoms with Gasteiger partial charge in [0.25, 0.3) is 0 Å². The van der Waals surface area contributed by atoms with E-state index < -0.39 is 12.1 Å². The number of piperidine rings is 1. The molecule has 240 valence electrons. The van der Waals surface area contributed by atoms with Gasteiger partial charge < -0.3 is 24.6 Å². The standard InChI is InChI=1S/C35H49FN4O4/c1-2-43-32-14-8-13-31(36)30(32)25-39-21-23-40(24-22-39)34(41)33(37-35(42)44-26-28-11-4-3-5-12-28)29-16-19-38(20-17-29)18-15-27-9-6-7-10-27/h3-5,8,11-14,27,29,33H,2,6-7,9-10,15-26H2,1H3,(H,37,42)/t33-/m1/s1. The lowest BCUT2D eigenvalue weighted by molar-refractivity contribution is -0.137. The molecule has 8 nitrogen and oxygen atoms in total. The Kier molecular flexibility index (Phi) is 11.9. The molecule has 0 unspecified atom stereocenters. The van der Waals surface area contributed by atoms with Crippen molar-refractivity contribution in [1.29, 1.82) is 0 Å². The third-order valence-electron chi connectivity index (χ3n) is 9.63. The molecule has 1 N–H and O–H groups in total. The topological polar surface area (TPSA) is 74.3 Å². The van der Waals surface area contributed by atoms with E-state index >= 15 is 0 Å². The molecule has 0 spiro atoms. The lowest BCUT2D eigenvalue weighted by Gasteiger charge is -2.40. The summed E-state index contributed by atoms with van der Waals surface area (Å²) in [7, 11) is 0. The van der Waals surface area contributed by atoms with E-state index in [2.05, 4.69) is 15.1 Å². The molecule has 3 fully saturated rings. The monoisotopic (exact) mass is 608 g/mol. The van der Waals surface area contributed by atoms with E-state index in [1.807, 2.05) is 42.2 Å². The maximum absolute atomic E-state index is 14.7. The summed E-state index contributed by atoms with van der Waals surface area (Å²) in [5.41, 5.74) is 1.45. The summed E-state index contributed by atoms with van der Waals surface area (Å²) >= 11 is 0. The normalized spacial score (nSPS) is 19.5. The number of ether oxygens (including phenoxy) is 2. The van der Waals surface area contributed by atoms with Gasteiger partial charge in [-0.15, -0.1) is 0 Å². The zero-order chi connectivity index (χ0) is 30.7. The Balaban J connectivity index is 1.18. The number of nitrogens with one attached hydrogen (secondary N) is 1. The Hall–Kier alpha value is -3.17.